The lowest BCUT2D eigenvalue weighted by Gasteiger charge is -1.99. The van der Waals surface area contributed by atoms with E-state index >= 15 is 0 Å². The summed E-state index contributed by atoms with van der Waals surface area (Å²) < 4.78 is 2.06. The molecule has 0 fully saturated rings. The maximum absolute atomic E-state index is 10.9. The maximum atomic E-state index is 10.9. The minimum absolute atomic E-state index is 0.279. The number of aryl methyl sites for hydroxylation is 1. The van der Waals surface area contributed by atoms with Crippen molar-refractivity contribution < 1.29 is 4.79 Å². The molecule has 0 radical (unpaired) electrons. The van der Waals surface area contributed by atoms with Gasteiger partial charge in [-0.3, -0.25) is 4.79 Å². The van der Waals surface area contributed by atoms with Gasteiger partial charge in [0.15, 0.2) is 4.34 Å². The molecule has 0 aliphatic carbocycles. The molecule has 19 heavy (non-hydrogen) atoms. The number of nitrogens with two attached hydrogens (primary N) is 1. The Hall–Kier alpha value is -0.850. The van der Waals surface area contributed by atoms with Crippen LogP contribution in [-0.4, -0.2) is 10.9 Å². The summed E-state index contributed by atoms with van der Waals surface area (Å²) in [4.78, 5) is 16.4. The fourth-order valence-corrected chi connectivity index (χ4v) is 4.19. The zero-order chi connectivity index (χ0) is 13.8. The third-order valence-electron chi connectivity index (χ3n) is 2.46. The Bertz CT molecular complexity index is 598. The number of halogens is 1. The van der Waals surface area contributed by atoms with Crippen molar-refractivity contribution in [1.29, 1.82) is 0 Å². The molecule has 0 aliphatic heterocycles. The Kier molecular flexibility index (Phi) is 5.01. The highest BCUT2D eigenvalue weighted by atomic mass is 79.9. The van der Waals surface area contributed by atoms with Gasteiger partial charge in [0.2, 0.25) is 5.91 Å². The van der Waals surface area contributed by atoms with Crippen LogP contribution in [0.5, 0.6) is 0 Å². The molecule has 0 saturated carbocycles. The zero-order valence-electron chi connectivity index (χ0n) is 10.4. The van der Waals surface area contributed by atoms with Gasteiger partial charge in [0, 0.05) is 15.1 Å². The lowest BCUT2D eigenvalue weighted by atomic mass is 10.2. The molecule has 1 aromatic carbocycles. The minimum atomic E-state index is -0.310. The molecule has 0 unspecified atom stereocenters. The van der Waals surface area contributed by atoms with E-state index in [-0.39, 0.29) is 12.3 Å². The number of rotatable bonds is 5. The minimum Gasteiger partial charge on any atom is -0.369 e. The molecular formula is C13H13BrN2OS2. The normalized spacial score (nSPS) is 10.6. The van der Waals surface area contributed by atoms with Gasteiger partial charge < -0.3 is 5.73 Å². The predicted molar refractivity (Wildman–Crippen MR) is 83.5 cm³/mol. The maximum Gasteiger partial charge on any atom is 0.222 e. The number of hydrogen-bond donors (Lipinski definition) is 1. The van der Waals surface area contributed by atoms with Gasteiger partial charge in [-0.2, -0.15) is 0 Å². The van der Waals surface area contributed by atoms with Crippen LogP contribution in [0.4, 0.5) is 0 Å². The monoisotopic (exact) mass is 356 g/mol. The highest BCUT2D eigenvalue weighted by molar-refractivity contribution is 9.10. The molecule has 6 heteroatoms. The summed E-state index contributed by atoms with van der Waals surface area (Å²) in [6.07, 6.45) is 0.279. The first-order chi connectivity index (χ1) is 9.04. The summed E-state index contributed by atoms with van der Waals surface area (Å²) in [6.45, 7) is 1.91. The Balaban J connectivity index is 2.02. The summed E-state index contributed by atoms with van der Waals surface area (Å²) in [7, 11) is 0. The number of primary amides is 1. The standard InChI is InChI=1S/C13H13BrN2OS2/c1-8-11(6-12(15)17)19-13(16-8)18-7-9-3-2-4-10(14)5-9/h2-5H,6-7H2,1H3,(H2,15,17). The largest absolute Gasteiger partial charge is 0.369 e. The molecule has 0 bridgehead atoms. The van der Waals surface area contributed by atoms with E-state index < -0.39 is 0 Å². The van der Waals surface area contributed by atoms with Crippen LogP contribution < -0.4 is 5.73 Å². The summed E-state index contributed by atoms with van der Waals surface area (Å²) in [6, 6.07) is 8.21. The summed E-state index contributed by atoms with van der Waals surface area (Å²) in [5.41, 5.74) is 7.36. The zero-order valence-corrected chi connectivity index (χ0v) is 13.6. The molecule has 0 spiro atoms. The molecule has 0 aliphatic rings. The predicted octanol–water partition coefficient (Wildman–Crippen LogP) is 3.53. The van der Waals surface area contributed by atoms with Crippen molar-refractivity contribution in [3.05, 3.63) is 44.9 Å². The smallest absolute Gasteiger partial charge is 0.222 e. The number of aromatic nitrogens is 1. The van der Waals surface area contributed by atoms with Crippen molar-refractivity contribution in [2.45, 2.75) is 23.4 Å². The highest BCUT2D eigenvalue weighted by Crippen LogP contribution is 2.30. The second-order valence-electron chi connectivity index (χ2n) is 4.05. The van der Waals surface area contributed by atoms with Crippen LogP contribution in [0.25, 0.3) is 0 Å². The number of benzene rings is 1. The van der Waals surface area contributed by atoms with Crippen LogP contribution in [0.15, 0.2) is 33.1 Å². The van der Waals surface area contributed by atoms with E-state index in [9.17, 15) is 4.79 Å². The second kappa shape index (κ2) is 6.54. The summed E-state index contributed by atoms with van der Waals surface area (Å²) >= 11 is 6.69. The number of thioether (sulfide) groups is 1. The number of carbonyl (C=O) groups excluding carboxylic acids is 1. The van der Waals surface area contributed by atoms with E-state index in [0.29, 0.717) is 0 Å². The SMILES string of the molecule is Cc1nc(SCc2cccc(Br)c2)sc1CC(N)=O. The third-order valence-corrected chi connectivity index (χ3v) is 5.32. The lowest BCUT2D eigenvalue weighted by Crippen LogP contribution is -2.13. The molecule has 2 N–H and O–H groups in total. The Morgan fingerprint density at radius 2 is 2.32 bits per heavy atom. The third kappa shape index (κ3) is 4.33. The Labute approximate surface area is 128 Å². The van der Waals surface area contributed by atoms with Gasteiger partial charge in [0.25, 0.3) is 0 Å². The summed E-state index contributed by atoms with van der Waals surface area (Å²) in [5, 5.41) is 0. The van der Waals surface area contributed by atoms with Gasteiger partial charge in [0.1, 0.15) is 0 Å². The average Bonchev–Trinajstić information content (AvgIpc) is 2.67. The van der Waals surface area contributed by atoms with E-state index in [0.717, 1.165) is 25.1 Å². The Morgan fingerprint density at radius 1 is 1.53 bits per heavy atom. The molecular weight excluding hydrogens is 344 g/mol. The molecule has 0 atom stereocenters. The molecule has 2 aromatic rings. The van der Waals surface area contributed by atoms with Crippen molar-refractivity contribution in [3.63, 3.8) is 0 Å². The van der Waals surface area contributed by atoms with Crippen LogP contribution in [0.3, 0.4) is 0 Å². The van der Waals surface area contributed by atoms with E-state index in [1.807, 2.05) is 19.1 Å². The van der Waals surface area contributed by atoms with Crippen molar-refractivity contribution in [1.82, 2.24) is 4.98 Å². The van der Waals surface area contributed by atoms with E-state index in [2.05, 4.69) is 33.0 Å². The molecule has 2 rings (SSSR count). The van der Waals surface area contributed by atoms with E-state index in [1.165, 1.54) is 5.56 Å². The molecule has 1 heterocycles. The van der Waals surface area contributed by atoms with Crippen LogP contribution in [-0.2, 0) is 17.0 Å². The summed E-state index contributed by atoms with van der Waals surface area (Å²) in [5.74, 6) is 0.554. The molecule has 0 saturated heterocycles. The Morgan fingerprint density at radius 3 is 3.00 bits per heavy atom. The molecule has 100 valence electrons. The quantitative estimate of drug-likeness (QED) is 0.833. The number of carbonyl (C=O) groups is 1. The first kappa shape index (κ1) is 14.6. The van der Waals surface area contributed by atoms with Gasteiger partial charge in [0.05, 0.1) is 12.1 Å². The van der Waals surface area contributed by atoms with Crippen LogP contribution in [0.2, 0.25) is 0 Å². The topological polar surface area (TPSA) is 56.0 Å². The van der Waals surface area contributed by atoms with E-state index in [1.54, 1.807) is 23.1 Å². The number of nitrogens with zero attached hydrogens (tertiary/aromatic N) is 1. The van der Waals surface area contributed by atoms with Crippen molar-refractivity contribution in [2.75, 3.05) is 0 Å². The fraction of sp³-hybridized carbons (Fsp3) is 0.231. The second-order valence-corrected chi connectivity index (χ2v) is 7.27. The van der Waals surface area contributed by atoms with Crippen molar-refractivity contribution in [3.8, 4) is 0 Å². The van der Waals surface area contributed by atoms with Crippen molar-refractivity contribution >= 4 is 44.9 Å². The molecule has 3 nitrogen and oxygen atoms in total. The van der Waals surface area contributed by atoms with Gasteiger partial charge in [-0.05, 0) is 24.6 Å². The molecule has 1 aromatic heterocycles. The first-order valence-electron chi connectivity index (χ1n) is 5.66. The number of amides is 1. The number of thiazole rings is 1. The molecule has 1 amide bonds. The van der Waals surface area contributed by atoms with Gasteiger partial charge in [-0.1, -0.05) is 39.8 Å². The van der Waals surface area contributed by atoms with Gasteiger partial charge in [-0.15, -0.1) is 11.3 Å². The van der Waals surface area contributed by atoms with Gasteiger partial charge in [-0.25, -0.2) is 4.98 Å². The van der Waals surface area contributed by atoms with Crippen LogP contribution >= 0.6 is 39.0 Å². The first-order valence-corrected chi connectivity index (χ1v) is 8.26. The number of hydrogen-bond acceptors (Lipinski definition) is 4. The highest BCUT2D eigenvalue weighted by Gasteiger charge is 2.10. The average molecular weight is 357 g/mol. The van der Waals surface area contributed by atoms with E-state index in [4.69, 9.17) is 5.73 Å². The van der Waals surface area contributed by atoms with Crippen LogP contribution in [0, 0.1) is 6.92 Å². The van der Waals surface area contributed by atoms with Crippen LogP contribution in [0.1, 0.15) is 16.1 Å². The lowest BCUT2D eigenvalue weighted by molar-refractivity contribution is -0.117. The fourth-order valence-electron chi connectivity index (χ4n) is 1.56. The van der Waals surface area contributed by atoms with Gasteiger partial charge >= 0.3 is 0 Å². The van der Waals surface area contributed by atoms with Crippen molar-refractivity contribution in [2.24, 2.45) is 5.73 Å².